The van der Waals surface area contributed by atoms with Crippen molar-refractivity contribution in [3.63, 3.8) is 0 Å². The first kappa shape index (κ1) is 24.1. The van der Waals surface area contributed by atoms with E-state index < -0.39 is 0 Å². The highest BCUT2D eigenvalue weighted by atomic mass is 16.2. The molecule has 2 amide bonds. The van der Waals surface area contributed by atoms with Crippen LogP contribution in [0.1, 0.15) is 55.2 Å². The number of nitrogens with zero attached hydrogens (tertiary/aromatic N) is 5. The Bertz CT molecular complexity index is 1500. The summed E-state index contributed by atoms with van der Waals surface area (Å²) < 4.78 is 2.07. The lowest BCUT2D eigenvalue weighted by molar-refractivity contribution is -0.136. The van der Waals surface area contributed by atoms with Crippen LogP contribution in [0.2, 0.25) is 0 Å². The van der Waals surface area contributed by atoms with Crippen molar-refractivity contribution in [1.29, 1.82) is 0 Å². The zero-order chi connectivity index (χ0) is 26.4. The topological polar surface area (TPSA) is 119 Å². The minimum absolute atomic E-state index is 0.0285. The van der Waals surface area contributed by atoms with Crippen LogP contribution in [0.5, 0.6) is 0 Å². The van der Waals surface area contributed by atoms with Crippen molar-refractivity contribution < 1.29 is 9.59 Å². The van der Waals surface area contributed by atoms with Crippen LogP contribution < -0.4 is 11.1 Å². The molecule has 1 aliphatic heterocycles. The van der Waals surface area contributed by atoms with Crippen molar-refractivity contribution in [2.75, 3.05) is 24.1 Å². The van der Waals surface area contributed by atoms with Gasteiger partial charge in [-0.1, -0.05) is 32.0 Å². The number of nitrogens with one attached hydrogen (secondary N) is 1. The molecule has 1 aromatic carbocycles. The van der Waals surface area contributed by atoms with Crippen LogP contribution in [0, 0.1) is 11.3 Å². The number of fused-ring (bicyclic) bond motifs is 1. The Morgan fingerprint density at radius 1 is 1.05 bits per heavy atom. The third-order valence-electron chi connectivity index (χ3n) is 8.00. The van der Waals surface area contributed by atoms with Crippen LogP contribution in [0.3, 0.4) is 0 Å². The number of amides is 2. The summed E-state index contributed by atoms with van der Waals surface area (Å²) in [5, 5.41) is 2.81. The van der Waals surface area contributed by atoms with E-state index in [0.717, 1.165) is 55.0 Å². The van der Waals surface area contributed by atoms with E-state index in [2.05, 4.69) is 19.7 Å². The first-order chi connectivity index (χ1) is 18.4. The second kappa shape index (κ2) is 9.24. The van der Waals surface area contributed by atoms with E-state index in [-0.39, 0.29) is 23.1 Å². The number of anilines is 2. The molecule has 0 radical (unpaired) electrons. The number of benzene rings is 1. The van der Waals surface area contributed by atoms with Crippen LogP contribution in [0.4, 0.5) is 11.6 Å². The summed E-state index contributed by atoms with van der Waals surface area (Å²) in [7, 11) is 0. The van der Waals surface area contributed by atoms with E-state index in [1.54, 1.807) is 36.7 Å². The largest absolute Gasteiger partial charge is 0.382 e. The Hall–Kier alpha value is -4.27. The summed E-state index contributed by atoms with van der Waals surface area (Å²) >= 11 is 0. The number of likely N-dealkylation sites (tertiary alicyclic amines) is 1. The molecule has 4 heterocycles. The molecule has 9 heteroatoms. The van der Waals surface area contributed by atoms with Crippen LogP contribution in [-0.4, -0.2) is 49.2 Å². The average Bonchev–Trinajstić information content (AvgIpc) is 3.47. The fourth-order valence-electron chi connectivity index (χ4n) is 5.74. The Morgan fingerprint density at radius 3 is 2.50 bits per heavy atom. The van der Waals surface area contributed by atoms with Gasteiger partial charge in [0.2, 0.25) is 5.91 Å². The van der Waals surface area contributed by atoms with Gasteiger partial charge in [-0.05, 0) is 48.9 Å². The molecule has 0 bridgehead atoms. The highest BCUT2D eigenvalue weighted by Crippen LogP contribution is 2.65. The predicted octanol–water partition coefficient (Wildman–Crippen LogP) is 4.38. The maximum absolute atomic E-state index is 12.7. The first-order valence-corrected chi connectivity index (χ1v) is 13.1. The van der Waals surface area contributed by atoms with Crippen molar-refractivity contribution in [3.8, 4) is 11.3 Å². The SMILES string of the molecule is CC(C)C(=O)N1CCC2(CC1)C[C@@H]2c1nc(-c2ccc(C(=O)Nc3ccccn3)cc2)c2c(N)nccn12. The van der Waals surface area contributed by atoms with Crippen LogP contribution >= 0.6 is 0 Å². The second-order valence-electron chi connectivity index (χ2n) is 10.7. The van der Waals surface area contributed by atoms with Crippen molar-refractivity contribution in [1.82, 2.24) is 24.3 Å². The maximum atomic E-state index is 12.7. The first-order valence-electron chi connectivity index (χ1n) is 13.1. The Kier molecular flexibility index (Phi) is 5.86. The van der Waals surface area contributed by atoms with Gasteiger partial charge in [0, 0.05) is 54.6 Å². The number of rotatable bonds is 5. The fourth-order valence-corrected chi connectivity index (χ4v) is 5.74. The molecule has 2 fully saturated rings. The molecule has 9 nitrogen and oxygen atoms in total. The smallest absolute Gasteiger partial charge is 0.256 e. The second-order valence-corrected chi connectivity index (χ2v) is 10.7. The zero-order valence-electron chi connectivity index (χ0n) is 21.6. The van der Waals surface area contributed by atoms with Gasteiger partial charge in [0.25, 0.3) is 5.91 Å². The van der Waals surface area contributed by atoms with Gasteiger partial charge in [-0.3, -0.25) is 14.0 Å². The van der Waals surface area contributed by atoms with E-state index >= 15 is 0 Å². The number of hydrogen-bond acceptors (Lipinski definition) is 6. The Morgan fingerprint density at radius 2 is 1.82 bits per heavy atom. The molecular formula is C29H31N7O2. The van der Waals surface area contributed by atoms with Crippen LogP contribution in [0.25, 0.3) is 16.8 Å². The van der Waals surface area contributed by atoms with Gasteiger partial charge in [-0.2, -0.15) is 0 Å². The summed E-state index contributed by atoms with van der Waals surface area (Å²) in [6, 6.07) is 12.7. The molecule has 4 aromatic rings. The quantitative estimate of drug-likeness (QED) is 0.412. The van der Waals surface area contributed by atoms with Gasteiger partial charge in [0.1, 0.15) is 28.7 Å². The molecule has 2 aliphatic rings. The monoisotopic (exact) mass is 509 g/mol. The molecule has 1 atom stereocenters. The normalized spacial score (nSPS) is 18.2. The molecule has 0 unspecified atom stereocenters. The van der Waals surface area contributed by atoms with Crippen molar-refractivity contribution in [2.45, 2.75) is 39.0 Å². The number of imidazole rings is 1. The number of piperidine rings is 1. The third-order valence-corrected chi connectivity index (χ3v) is 8.00. The van der Waals surface area contributed by atoms with Crippen molar-refractivity contribution in [3.05, 3.63) is 72.4 Å². The summed E-state index contributed by atoms with van der Waals surface area (Å²) in [6.07, 6.45) is 8.31. The van der Waals surface area contributed by atoms with Gasteiger partial charge >= 0.3 is 0 Å². The summed E-state index contributed by atoms with van der Waals surface area (Å²) in [5.74, 6) is 2.26. The molecule has 3 N–H and O–H groups in total. The molecular weight excluding hydrogens is 478 g/mol. The Balaban J connectivity index is 1.26. The van der Waals surface area contributed by atoms with Gasteiger partial charge in [0.05, 0.1) is 0 Å². The molecule has 1 spiro atoms. The van der Waals surface area contributed by atoms with Gasteiger partial charge in [-0.15, -0.1) is 0 Å². The van der Waals surface area contributed by atoms with E-state index in [1.165, 1.54) is 0 Å². The fraction of sp³-hybridized carbons (Fsp3) is 0.345. The van der Waals surface area contributed by atoms with Crippen LogP contribution in [-0.2, 0) is 4.79 Å². The minimum Gasteiger partial charge on any atom is -0.382 e. The number of hydrogen-bond donors (Lipinski definition) is 2. The predicted molar refractivity (Wildman–Crippen MR) is 145 cm³/mol. The lowest BCUT2D eigenvalue weighted by atomic mass is 9.90. The Labute approximate surface area is 221 Å². The van der Waals surface area contributed by atoms with E-state index in [4.69, 9.17) is 10.7 Å². The lowest BCUT2D eigenvalue weighted by Gasteiger charge is -2.34. The minimum atomic E-state index is -0.228. The van der Waals surface area contributed by atoms with Crippen LogP contribution in [0.15, 0.2) is 61.1 Å². The molecule has 1 aliphatic carbocycles. The molecule has 3 aromatic heterocycles. The summed E-state index contributed by atoms with van der Waals surface area (Å²) in [6.45, 7) is 5.52. The van der Waals surface area contributed by atoms with E-state index in [9.17, 15) is 9.59 Å². The number of pyridine rings is 1. The molecule has 1 saturated heterocycles. The highest BCUT2D eigenvalue weighted by molar-refractivity contribution is 6.04. The molecule has 38 heavy (non-hydrogen) atoms. The number of nitrogen functional groups attached to an aromatic ring is 1. The summed E-state index contributed by atoms with van der Waals surface area (Å²) in [4.78, 5) is 40.7. The van der Waals surface area contributed by atoms with Gasteiger partial charge < -0.3 is 16.0 Å². The number of aromatic nitrogens is 4. The molecule has 194 valence electrons. The van der Waals surface area contributed by atoms with E-state index in [1.807, 2.05) is 43.1 Å². The standard InChI is InChI=1S/C29H31N7O2/c1-18(2)28(38)35-14-10-29(11-15-35)17-21(29)26-34-23(24-25(30)32-13-16-36(24)26)19-6-8-20(9-7-19)27(37)33-22-5-3-4-12-31-22/h3-9,12-13,16,18,21H,10-11,14-15,17H2,1-2H3,(H2,30,32)(H,31,33,37)/t21-/m1/s1. The van der Waals surface area contributed by atoms with Gasteiger partial charge in [0.15, 0.2) is 0 Å². The number of nitrogens with two attached hydrogens (primary N) is 1. The van der Waals surface area contributed by atoms with Crippen molar-refractivity contribution in [2.24, 2.45) is 11.3 Å². The highest BCUT2D eigenvalue weighted by Gasteiger charge is 2.57. The van der Waals surface area contributed by atoms with E-state index in [0.29, 0.717) is 23.1 Å². The molecule has 1 saturated carbocycles. The van der Waals surface area contributed by atoms with Gasteiger partial charge in [-0.25, -0.2) is 15.0 Å². The summed E-state index contributed by atoms with van der Waals surface area (Å²) in [5.41, 5.74) is 9.47. The van der Waals surface area contributed by atoms with Crippen molar-refractivity contribution >= 4 is 29.0 Å². The lowest BCUT2D eigenvalue weighted by Crippen LogP contribution is -2.41. The molecule has 6 rings (SSSR count). The number of carbonyl (C=O) groups is 2. The average molecular weight is 510 g/mol. The zero-order valence-corrected chi connectivity index (χ0v) is 21.6. The maximum Gasteiger partial charge on any atom is 0.256 e. The number of carbonyl (C=O) groups excluding carboxylic acids is 2. The third kappa shape index (κ3) is 4.17.